The maximum absolute atomic E-state index is 12.2. The number of aliphatic imine (C=N–C) groups is 1. The minimum atomic E-state index is -0.456. The lowest BCUT2D eigenvalue weighted by Crippen LogP contribution is -2.34. The molecule has 122 valence electrons. The number of carbonyl (C=O) groups excluding carboxylic acids is 1. The van der Waals surface area contributed by atoms with Gasteiger partial charge in [-0.1, -0.05) is 23.7 Å². The van der Waals surface area contributed by atoms with E-state index in [0.717, 1.165) is 5.71 Å². The molecule has 1 fully saturated rings. The van der Waals surface area contributed by atoms with Crippen molar-refractivity contribution in [1.29, 1.82) is 0 Å². The molecular formula is C17H19ClN2O2S. The molecule has 23 heavy (non-hydrogen) atoms. The van der Waals surface area contributed by atoms with Gasteiger partial charge in [-0.25, -0.2) is 5.06 Å². The van der Waals surface area contributed by atoms with Gasteiger partial charge in [-0.15, -0.1) is 11.3 Å². The second kappa shape index (κ2) is 6.59. The van der Waals surface area contributed by atoms with Crippen molar-refractivity contribution in [3.63, 3.8) is 0 Å². The lowest BCUT2D eigenvalue weighted by Gasteiger charge is -2.22. The number of halogens is 1. The molecule has 0 saturated carbocycles. The molecule has 2 heterocycles. The highest BCUT2D eigenvalue weighted by atomic mass is 35.5. The lowest BCUT2D eigenvalue weighted by molar-refractivity contribution is -0.163. The summed E-state index contributed by atoms with van der Waals surface area (Å²) < 4.78 is 0. The summed E-state index contributed by atoms with van der Waals surface area (Å²) in [7, 11) is 0. The summed E-state index contributed by atoms with van der Waals surface area (Å²) in [5.74, 6) is -0.0391. The van der Waals surface area contributed by atoms with E-state index in [0.29, 0.717) is 24.7 Å². The number of hydroxylamine groups is 2. The van der Waals surface area contributed by atoms with Crippen LogP contribution >= 0.6 is 22.9 Å². The fourth-order valence-corrected chi connectivity index (χ4v) is 3.31. The van der Waals surface area contributed by atoms with E-state index >= 15 is 0 Å². The van der Waals surface area contributed by atoms with E-state index in [1.54, 1.807) is 11.3 Å². The molecule has 0 aromatic carbocycles. The first-order valence-corrected chi connectivity index (χ1v) is 8.78. The first kappa shape index (κ1) is 16.4. The second-order valence-corrected chi connectivity index (χ2v) is 7.81. The van der Waals surface area contributed by atoms with E-state index in [9.17, 15) is 4.79 Å². The summed E-state index contributed by atoms with van der Waals surface area (Å²) in [6, 6.07) is 4.08. The summed E-state index contributed by atoms with van der Waals surface area (Å²) >= 11 is 8.06. The zero-order chi connectivity index (χ0) is 16.4. The van der Waals surface area contributed by atoms with Gasteiger partial charge in [0.15, 0.2) is 0 Å². The van der Waals surface area contributed by atoms with Crippen LogP contribution in [0.25, 0.3) is 0 Å². The zero-order valence-corrected chi connectivity index (χ0v) is 14.7. The van der Waals surface area contributed by atoms with Crippen LogP contribution < -0.4 is 0 Å². The number of thiophene rings is 1. The van der Waals surface area contributed by atoms with Gasteiger partial charge in [0.1, 0.15) is 0 Å². The monoisotopic (exact) mass is 350 g/mol. The van der Waals surface area contributed by atoms with Crippen LogP contribution in [0.3, 0.4) is 0 Å². The first-order valence-electron chi connectivity index (χ1n) is 7.53. The second-order valence-electron chi connectivity index (χ2n) is 6.34. The van der Waals surface area contributed by atoms with Gasteiger partial charge in [0.2, 0.25) is 0 Å². The Hall–Kier alpha value is -1.43. The van der Waals surface area contributed by atoms with Gasteiger partial charge >= 0.3 is 0 Å². The van der Waals surface area contributed by atoms with Gasteiger partial charge in [0, 0.05) is 15.8 Å². The Morgan fingerprint density at radius 3 is 2.96 bits per heavy atom. The van der Waals surface area contributed by atoms with E-state index in [1.807, 2.05) is 43.5 Å². The molecule has 6 heteroatoms. The van der Waals surface area contributed by atoms with Crippen LogP contribution in [0.1, 0.15) is 18.7 Å². The fraction of sp³-hybridized carbons (Fsp3) is 0.412. The predicted octanol–water partition coefficient (Wildman–Crippen LogP) is 3.80. The van der Waals surface area contributed by atoms with Crippen LogP contribution in [-0.2, 0) is 16.2 Å². The third-order valence-electron chi connectivity index (χ3n) is 3.89. The molecule has 4 nitrogen and oxygen atoms in total. The highest BCUT2D eigenvalue weighted by Crippen LogP contribution is 2.30. The third-order valence-corrected chi connectivity index (χ3v) is 5.14. The normalized spacial score (nSPS) is 25.3. The Labute approximate surface area is 145 Å². The minimum absolute atomic E-state index is 0.00697. The van der Waals surface area contributed by atoms with Gasteiger partial charge in [0.25, 0.3) is 5.91 Å². The Morgan fingerprint density at radius 1 is 1.52 bits per heavy atom. The Balaban J connectivity index is 1.62. The van der Waals surface area contributed by atoms with E-state index in [1.165, 1.54) is 9.94 Å². The Morgan fingerprint density at radius 2 is 2.35 bits per heavy atom. The fourth-order valence-electron chi connectivity index (χ4n) is 2.43. The molecule has 1 aromatic heterocycles. The average molecular weight is 351 g/mol. The van der Waals surface area contributed by atoms with Gasteiger partial charge in [0.05, 0.1) is 30.8 Å². The van der Waals surface area contributed by atoms with Gasteiger partial charge in [-0.3, -0.25) is 14.6 Å². The van der Waals surface area contributed by atoms with E-state index < -0.39 is 5.41 Å². The highest BCUT2D eigenvalue weighted by molar-refractivity contribution is 7.09. The number of carbonyl (C=O) groups is 1. The summed E-state index contributed by atoms with van der Waals surface area (Å²) in [6.45, 7) is 5.28. The van der Waals surface area contributed by atoms with Crippen LogP contribution in [0.4, 0.5) is 0 Å². The number of nitrogens with zero attached hydrogens (tertiary/aromatic N) is 2. The smallest absolute Gasteiger partial charge is 0.254 e. The molecule has 1 aliphatic heterocycles. The molecule has 1 atom stereocenters. The van der Waals surface area contributed by atoms with E-state index in [2.05, 4.69) is 11.1 Å². The Kier molecular flexibility index (Phi) is 4.71. The number of rotatable bonds is 4. The van der Waals surface area contributed by atoms with Crippen molar-refractivity contribution in [2.24, 2.45) is 16.3 Å². The number of allylic oxidation sites excluding steroid dienone is 2. The average Bonchev–Trinajstić information content (AvgIpc) is 3.11. The summed E-state index contributed by atoms with van der Waals surface area (Å²) in [5.41, 5.74) is 0.399. The quantitative estimate of drug-likeness (QED) is 0.828. The molecule has 1 aromatic rings. The molecule has 0 bridgehead atoms. The molecule has 0 N–H and O–H groups in total. The molecular weight excluding hydrogens is 332 g/mol. The topological polar surface area (TPSA) is 41.9 Å². The summed E-state index contributed by atoms with van der Waals surface area (Å²) in [4.78, 5) is 23.5. The van der Waals surface area contributed by atoms with Gasteiger partial charge < -0.3 is 0 Å². The molecule has 2 aliphatic rings. The van der Waals surface area contributed by atoms with Crippen molar-refractivity contribution in [1.82, 2.24) is 5.06 Å². The number of hydrogen-bond acceptors (Lipinski definition) is 4. The zero-order valence-electron chi connectivity index (χ0n) is 13.2. The maximum Gasteiger partial charge on any atom is 0.254 e. The highest BCUT2D eigenvalue weighted by Gasteiger charge is 2.41. The maximum atomic E-state index is 12.2. The number of amides is 1. The van der Waals surface area contributed by atoms with Crippen molar-refractivity contribution < 1.29 is 9.63 Å². The first-order chi connectivity index (χ1) is 11.0. The molecule has 0 radical (unpaired) electrons. The van der Waals surface area contributed by atoms with Crippen molar-refractivity contribution >= 4 is 34.6 Å². The summed E-state index contributed by atoms with van der Waals surface area (Å²) in [5, 5.41) is 4.15. The minimum Gasteiger partial charge on any atom is -0.280 e. The number of hydrogen-bond donors (Lipinski definition) is 0. The molecule has 1 amide bonds. The van der Waals surface area contributed by atoms with Crippen molar-refractivity contribution in [3.05, 3.63) is 45.7 Å². The molecule has 0 spiro atoms. The standard InChI is InChI=1S/C17H19ClN2O2S/c1-17(2)11-22-20(16(17)21)10-12-5-6-13(8-15(12)18)19-9-14-4-3-7-23-14/h3-8,12H,9-11H2,1-2H3/b19-13-. The van der Waals surface area contributed by atoms with E-state index in [4.69, 9.17) is 16.4 Å². The Bertz CT molecular complexity index is 677. The SMILES string of the molecule is CC1(C)CON(CC2C=C/C(=N/Cc3cccs3)C=C2Cl)C1=O. The lowest BCUT2D eigenvalue weighted by atomic mass is 9.94. The van der Waals surface area contributed by atoms with Crippen molar-refractivity contribution in [2.75, 3.05) is 13.2 Å². The van der Waals surface area contributed by atoms with Crippen LogP contribution in [0.5, 0.6) is 0 Å². The molecule has 1 aliphatic carbocycles. The largest absolute Gasteiger partial charge is 0.280 e. The van der Waals surface area contributed by atoms with Crippen LogP contribution in [-0.4, -0.2) is 29.8 Å². The van der Waals surface area contributed by atoms with Crippen LogP contribution in [0.15, 0.2) is 45.8 Å². The third kappa shape index (κ3) is 3.74. The predicted molar refractivity (Wildman–Crippen MR) is 93.5 cm³/mol. The van der Waals surface area contributed by atoms with Gasteiger partial charge in [-0.2, -0.15) is 0 Å². The van der Waals surface area contributed by atoms with Crippen molar-refractivity contribution in [3.8, 4) is 0 Å². The molecule has 3 rings (SSSR count). The molecule has 1 saturated heterocycles. The summed E-state index contributed by atoms with van der Waals surface area (Å²) in [6.07, 6.45) is 5.80. The van der Waals surface area contributed by atoms with E-state index in [-0.39, 0.29) is 11.8 Å². The van der Waals surface area contributed by atoms with Crippen LogP contribution in [0.2, 0.25) is 0 Å². The van der Waals surface area contributed by atoms with Crippen molar-refractivity contribution in [2.45, 2.75) is 20.4 Å². The van der Waals surface area contributed by atoms with Crippen LogP contribution in [0, 0.1) is 11.3 Å². The van der Waals surface area contributed by atoms with Gasteiger partial charge in [-0.05, 0) is 37.4 Å². The molecule has 1 unspecified atom stereocenters.